The number of primary amides is 1. The molecule has 2 aromatic heterocycles. The number of anilines is 2. The number of carbonyl (C=O) groups is 1. The minimum absolute atomic E-state index is 0.000320. The summed E-state index contributed by atoms with van der Waals surface area (Å²) >= 11 is 0. The van der Waals surface area contributed by atoms with Crippen molar-refractivity contribution in [2.45, 2.75) is 45.4 Å². The molecule has 2 saturated heterocycles. The van der Waals surface area contributed by atoms with E-state index in [1.54, 1.807) is 4.90 Å². The molecule has 1 aromatic carbocycles. The van der Waals surface area contributed by atoms with Crippen LogP contribution in [-0.2, 0) is 4.74 Å². The molecule has 2 aliphatic rings. The zero-order valence-corrected chi connectivity index (χ0v) is 24.2. The van der Waals surface area contributed by atoms with Gasteiger partial charge in [-0.1, -0.05) is 0 Å². The van der Waals surface area contributed by atoms with E-state index >= 15 is 8.78 Å². The van der Waals surface area contributed by atoms with Crippen LogP contribution in [0.2, 0.25) is 0 Å². The highest BCUT2D eigenvalue weighted by Crippen LogP contribution is 2.38. The maximum absolute atomic E-state index is 16.7. The Bertz CT molecular complexity index is 1570. The van der Waals surface area contributed by atoms with Gasteiger partial charge in [-0.15, -0.1) is 0 Å². The van der Waals surface area contributed by atoms with E-state index in [0.29, 0.717) is 44.8 Å². The van der Waals surface area contributed by atoms with E-state index in [-0.39, 0.29) is 29.4 Å². The van der Waals surface area contributed by atoms with Crippen molar-refractivity contribution < 1.29 is 27.1 Å². The van der Waals surface area contributed by atoms with Gasteiger partial charge in [0.25, 0.3) is 17.9 Å². The van der Waals surface area contributed by atoms with Gasteiger partial charge in [-0.2, -0.15) is 0 Å². The highest BCUT2D eigenvalue weighted by molar-refractivity contribution is 5.94. The molecular weight excluding hydrogens is 570 g/mol. The minimum atomic E-state index is -3.18. The molecular formula is C29H33F4N7O3. The van der Waals surface area contributed by atoms with E-state index in [9.17, 15) is 18.4 Å². The average molecular weight is 604 g/mol. The molecule has 0 aliphatic carbocycles. The topological polar surface area (TPSA) is 110 Å². The molecule has 0 saturated carbocycles. The quantitative estimate of drug-likeness (QED) is 0.428. The monoisotopic (exact) mass is 603 g/mol. The highest BCUT2D eigenvalue weighted by Gasteiger charge is 2.32. The molecule has 5 rings (SSSR count). The van der Waals surface area contributed by atoms with Gasteiger partial charge in [0.2, 0.25) is 5.95 Å². The van der Waals surface area contributed by atoms with Crippen LogP contribution in [0.25, 0.3) is 16.8 Å². The van der Waals surface area contributed by atoms with Crippen LogP contribution in [-0.4, -0.2) is 83.4 Å². The Labute approximate surface area is 245 Å². The Morgan fingerprint density at radius 2 is 1.70 bits per heavy atom. The van der Waals surface area contributed by atoms with Gasteiger partial charge in [0.15, 0.2) is 5.82 Å². The van der Waals surface area contributed by atoms with Gasteiger partial charge >= 0.3 is 0 Å². The van der Waals surface area contributed by atoms with Crippen molar-refractivity contribution in [3.8, 4) is 16.8 Å². The number of alkyl halides is 2. The average Bonchev–Trinajstić information content (AvgIpc) is 2.95. The molecule has 43 heavy (non-hydrogen) atoms. The third-order valence-corrected chi connectivity index (χ3v) is 8.15. The molecule has 2 N–H and O–H groups in total. The third kappa shape index (κ3) is 5.80. The van der Waals surface area contributed by atoms with Crippen LogP contribution in [0, 0.1) is 11.6 Å². The number of morpholine rings is 1. The van der Waals surface area contributed by atoms with Crippen molar-refractivity contribution in [2.75, 3.05) is 49.6 Å². The Balaban J connectivity index is 1.69. The molecule has 0 radical (unpaired) electrons. The zero-order chi connectivity index (χ0) is 31.2. The van der Waals surface area contributed by atoms with Crippen molar-refractivity contribution in [1.29, 1.82) is 0 Å². The van der Waals surface area contributed by atoms with Crippen molar-refractivity contribution >= 4 is 17.5 Å². The molecule has 0 bridgehead atoms. The van der Waals surface area contributed by atoms with Crippen LogP contribution >= 0.6 is 0 Å². The fraction of sp³-hybridized carbons (Fsp3) is 0.448. The fourth-order valence-electron chi connectivity index (χ4n) is 5.65. The summed E-state index contributed by atoms with van der Waals surface area (Å²) in [6.07, 6.45) is 0.137. The van der Waals surface area contributed by atoms with E-state index in [1.165, 1.54) is 12.4 Å². The van der Waals surface area contributed by atoms with Crippen LogP contribution in [0.4, 0.5) is 29.2 Å². The number of nitrogens with two attached hydrogens (primary N) is 1. The van der Waals surface area contributed by atoms with Gasteiger partial charge in [-0.3, -0.25) is 19.1 Å². The lowest BCUT2D eigenvalue weighted by Crippen LogP contribution is -2.55. The van der Waals surface area contributed by atoms with Gasteiger partial charge in [-0.25, -0.2) is 27.5 Å². The lowest BCUT2D eigenvalue weighted by Gasteiger charge is -2.44. The molecule has 14 heteroatoms. The molecule has 2 aliphatic heterocycles. The second kappa shape index (κ2) is 11.9. The molecule has 1 amide bonds. The second-order valence-electron chi connectivity index (χ2n) is 11.1. The molecule has 3 aromatic rings. The largest absolute Gasteiger partial charge is 0.375 e. The first-order valence-corrected chi connectivity index (χ1v) is 13.9. The van der Waals surface area contributed by atoms with Crippen LogP contribution in [0.1, 0.15) is 43.1 Å². The van der Waals surface area contributed by atoms with Crippen LogP contribution in [0.5, 0.6) is 0 Å². The minimum Gasteiger partial charge on any atom is -0.375 e. The number of hydrogen-bond acceptors (Lipinski definition) is 8. The number of ether oxygens (including phenoxy) is 1. The van der Waals surface area contributed by atoms with Gasteiger partial charge < -0.3 is 20.3 Å². The van der Waals surface area contributed by atoms with Crippen molar-refractivity contribution in [3.05, 3.63) is 63.8 Å². The summed E-state index contributed by atoms with van der Waals surface area (Å²) < 4.78 is 66.2. The number of carbonyl (C=O) groups excluding carboxylic acids is 1. The van der Waals surface area contributed by atoms with E-state index in [1.807, 2.05) is 32.7 Å². The first-order chi connectivity index (χ1) is 20.4. The molecule has 0 unspecified atom stereocenters. The summed E-state index contributed by atoms with van der Waals surface area (Å²) in [6.45, 7) is 8.10. The van der Waals surface area contributed by atoms with Crippen LogP contribution in [0.15, 0.2) is 35.5 Å². The second-order valence-corrected chi connectivity index (χ2v) is 11.1. The summed E-state index contributed by atoms with van der Waals surface area (Å²) in [7, 11) is 1.94. The molecule has 0 spiro atoms. The Morgan fingerprint density at radius 1 is 1.05 bits per heavy atom. The van der Waals surface area contributed by atoms with Crippen molar-refractivity contribution in [3.63, 3.8) is 0 Å². The predicted octanol–water partition coefficient (Wildman–Crippen LogP) is 3.36. The first kappa shape index (κ1) is 30.4. The van der Waals surface area contributed by atoms with Gasteiger partial charge in [-0.05, 0) is 27.8 Å². The Morgan fingerprint density at radius 3 is 2.28 bits per heavy atom. The molecule has 10 nitrogen and oxygen atoms in total. The number of amides is 1. The van der Waals surface area contributed by atoms with E-state index in [4.69, 9.17) is 10.5 Å². The predicted molar refractivity (Wildman–Crippen MR) is 153 cm³/mol. The number of nitrogens with zero attached hydrogens (tertiary/aromatic N) is 6. The SMILES string of the molecule is C[C@@H]1CN(c2cc(F)c(-c3cnc(N4CCO[C@@H](C)C4)nc3)c(F)c2-n2cc(C(N)=O)c(C(F)F)cc2=O)C[C@H](C)N1C. The van der Waals surface area contributed by atoms with E-state index in [0.717, 1.165) is 16.8 Å². The third-order valence-electron chi connectivity index (χ3n) is 8.15. The van der Waals surface area contributed by atoms with Crippen molar-refractivity contribution in [1.82, 2.24) is 19.4 Å². The van der Waals surface area contributed by atoms with Gasteiger partial charge in [0, 0.05) is 80.1 Å². The summed E-state index contributed by atoms with van der Waals surface area (Å²) in [5, 5.41) is 0. The lowest BCUT2D eigenvalue weighted by atomic mass is 10.0. The normalized spacial score (nSPS) is 21.5. The lowest BCUT2D eigenvalue weighted by molar-refractivity contribution is 0.0526. The molecule has 2 fully saturated rings. The Hall–Kier alpha value is -4.04. The van der Waals surface area contributed by atoms with E-state index in [2.05, 4.69) is 14.9 Å². The number of benzene rings is 1. The first-order valence-electron chi connectivity index (χ1n) is 13.9. The summed E-state index contributed by atoms with van der Waals surface area (Å²) in [5.41, 5.74) is 1.90. The number of piperazine rings is 1. The highest BCUT2D eigenvalue weighted by atomic mass is 19.3. The number of halogens is 4. The van der Waals surface area contributed by atoms with Crippen molar-refractivity contribution in [2.24, 2.45) is 5.73 Å². The number of aromatic nitrogens is 3. The number of rotatable bonds is 6. The smallest absolute Gasteiger partial charge is 0.264 e. The molecule has 230 valence electrons. The van der Waals surface area contributed by atoms with Crippen LogP contribution in [0.3, 0.4) is 0 Å². The summed E-state index contributed by atoms with van der Waals surface area (Å²) in [6, 6.07) is 1.61. The zero-order valence-electron chi connectivity index (χ0n) is 24.2. The fourth-order valence-corrected chi connectivity index (χ4v) is 5.65. The number of hydrogen-bond donors (Lipinski definition) is 1. The molecule has 4 heterocycles. The van der Waals surface area contributed by atoms with Gasteiger partial charge in [0.1, 0.15) is 11.5 Å². The summed E-state index contributed by atoms with van der Waals surface area (Å²) in [5.74, 6) is -2.94. The number of pyridine rings is 1. The standard InChI is InChI=1S/C29H33F4N7O3/c1-15-11-39(12-16(2)37(15)4)22-8-21(30)24(18-9-35-29(36-10-18)38-5-6-43-17(3)13-38)25(31)26(22)40-14-20(28(34)42)19(27(32)33)7-23(40)41/h7-10,14-17,27H,5-6,11-13H2,1-4H3,(H2,34,42)/t15-,16+,17-/m0/s1. The van der Waals surface area contributed by atoms with Gasteiger partial charge in [0.05, 0.1) is 29.5 Å². The number of likely N-dealkylation sites (N-methyl/N-ethyl adjacent to an activating group) is 1. The van der Waals surface area contributed by atoms with Crippen LogP contribution < -0.4 is 21.1 Å². The maximum Gasteiger partial charge on any atom is 0.264 e. The summed E-state index contributed by atoms with van der Waals surface area (Å²) in [4.78, 5) is 39.7. The van der Waals surface area contributed by atoms with E-state index < -0.39 is 51.9 Å². The Kier molecular flexibility index (Phi) is 8.43. The molecule has 3 atom stereocenters. The maximum atomic E-state index is 16.7.